The van der Waals surface area contributed by atoms with Gasteiger partial charge in [0.15, 0.2) is 5.75 Å². The first-order chi connectivity index (χ1) is 10.9. The van der Waals surface area contributed by atoms with Crippen LogP contribution in [0.25, 0.3) is 0 Å². The molecule has 2 aliphatic heterocycles. The van der Waals surface area contributed by atoms with E-state index in [0.29, 0.717) is 17.5 Å². The van der Waals surface area contributed by atoms with E-state index in [2.05, 4.69) is 16.7 Å². The van der Waals surface area contributed by atoms with E-state index in [9.17, 15) is 13.6 Å². The molecule has 1 aromatic rings. The predicted molar refractivity (Wildman–Crippen MR) is 83.8 cm³/mol. The lowest BCUT2D eigenvalue weighted by Crippen LogP contribution is -2.38. The number of para-hydroxylation sites is 2. The van der Waals surface area contributed by atoms with E-state index >= 15 is 0 Å². The molecule has 1 aromatic carbocycles. The third kappa shape index (κ3) is 3.17. The van der Waals surface area contributed by atoms with Crippen LogP contribution in [0.3, 0.4) is 0 Å². The first-order valence-electron chi connectivity index (χ1n) is 8.00. The molecule has 2 unspecified atom stereocenters. The molecule has 0 radical (unpaired) electrons. The average molecular weight is 324 g/mol. The minimum absolute atomic E-state index is 0.227. The number of likely N-dealkylation sites (tertiary alicyclic amines) is 1. The van der Waals surface area contributed by atoms with Crippen LogP contribution >= 0.6 is 0 Å². The Morgan fingerprint density at radius 2 is 1.96 bits per heavy atom. The van der Waals surface area contributed by atoms with Crippen molar-refractivity contribution in [3.63, 3.8) is 0 Å². The lowest BCUT2D eigenvalue weighted by atomic mass is 9.84. The third-order valence-corrected chi connectivity index (χ3v) is 5.04. The van der Waals surface area contributed by atoms with Gasteiger partial charge in [-0.2, -0.15) is 0 Å². The zero-order valence-electron chi connectivity index (χ0n) is 13.5. The van der Waals surface area contributed by atoms with Gasteiger partial charge in [0.25, 0.3) is 0 Å². The number of ether oxygens (including phenoxy) is 1. The van der Waals surface area contributed by atoms with Gasteiger partial charge in [0, 0.05) is 25.9 Å². The molecule has 1 saturated carbocycles. The Labute approximate surface area is 135 Å². The molecular formula is C17H22F2N2O2. The lowest BCUT2D eigenvalue weighted by molar-refractivity contribution is -0.159. The van der Waals surface area contributed by atoms with Crippen LogP contribution in [0.2, 0.25) is 0 Å². The third-order valence-electron chi connectivity index (χ3n) is 5.04. The molecule has 6 heteroatoms. The van der Waals surface area contributed by atoms with Crippen molar-refractivity contribution in [2.75, 3.05) is 25.5 Å². The molecule has 3 aliphatic rings. The normalized spacial score (nSPS) is 28.5. The quantitative estimate of drug-likeness (QED) is 0.687. The molecule has 4 rings (SSSR count). The topological polar surface area (TPSA) is 32.8 Å². The summed E-state index contributed by atoms with van der Waals surface area (Å²) < 4.78 is 30.1. The van der Waals surface area contributed by atoms with Gasteiger partial charge < -0.3 is 9.64 Å². The van der Waals surface area contributed by atoms with Gasteiger partial charge in [0.2, 0.25) is 0 Å². The zero-order chi connectivity index (χ0) is 16.6. The molecule has 1 saturated heterocycles. The highest BCUT2D eigenvalue weighted by atomic mass is 19.3. The minimum atomic E-state index is -3.20. The van der Waals surface area contributed by atoms with Crippen molar-refractivity contribution in [1.82, 2.24) is 4.90 Å². The van der Waals surface area contributed by atoms with Crippen molar-refractivity contribution in [3.8, 4) is 5.75 Å². The van der Waals surface area contributed by atoms with Crippen LogP contribution in [-0.4, -0.2) is 43.6 Å². The van der Waals surface area contributed by atoms with Crippen LogP contribution in [-0.2, 0) is 4.79 Å². The highest BCUT2D eigenvalue weighted by molar-refractivity contribution is 5.80. The minimum Gasteiger partial charge on any atom is -0.413 e. The van der Waals surface area contributed by atoms with E-state index in [1.165, 1.54) is 26.1 Å². The number of anilines is 1. The van der Waals surface area contributed by atoms with Gasteiger partial charge in [0.1, 0.15) is 5.78 Å². The lowest BCUT2D eigenvalue weighted by Gasteiger charge is -2.28. The summed E-state index contributed by atoms with van der Waals surface area (Å²) in [5.41, 5.74) is 0.419. The van der Waals surface area contributed by atoms with Crippen LogP contribution in [0.15, 0.2) is 24.3 Å². The Balaban J connectivity index is 0.000000136. The molecule has 2 heterocycles. The molecule has 0 spiro atoms. The average Bonchev–Trinajstić information content (AvgIpc) is 2.99. The molecule has 0 aromatic heterocycles. The van der Waals surface area contributed by atoms with E-state index in [1.807, 2.05) is 0 Å². The summed E-state index contributed by atoms with van der Waals surface area (Å²) in [5, 5.41) is 0. The number of hydrogen-bond donors (Lipinski definition) is 0. The maximum absolute atomic E-state index is 12.8. The highest BCUT2D eigenvalue weighted by Crippen LogP contribution is 2.42. The van der Waals surface area contributed by atoms with E-state index in [4.69, 9.17) is 0 Å². The summed E-state index contributed by atoms with van der Waals surface area (Å²) in [6.07, 6.45) is 0.919. The molecule has 23 heavy (non-hydrogen) atoms. The fourth-order valence-corrected chi connectivity index (χ4v) is 3.59. The van der Waals surface area contributed by atoms with Crippen LogP contribution in [0.5, 0.6) is 5.75 Å². The van der Waals surface area contributed by atoms with Gasteiger partial charge in [0.05, 0.1) is 5.69 Å². The maximum Gasteiger partial charge on any atom is 0.496 e. The molecule has 0 bridgehead atoms. The van der Waals surface area contributed by atoms with Crippen molar-refractivity contribution in [3.05, 3.63) is 24.3 Å². The molecule has 126 valence electrons. The fourth-order valence-electron chi connectivity index (χ4n) is 3.59. The number of alkyl halides is 2. The van der Waals surface area contributed by atoms with E-state index in [1.54, 1.807) is 18.2 Å². The summed E-state index contributed by atoms with van der Waals surface area (Å²) >= 11 is 0. The fraction of sp³-hybridized carbons (Fsp3) is 0.588. The van der Waals surface area contributed by atoms with Crippen LogP contribution in [0.4, 0.5) is 14.5 Å². The Hall–Kier alpha value is -1.69. The van der Waals surface area contributed by atoms with Gasteiger partial charge in [-0.25, -0.2) is 0 Å². The predicted octanol–water partition coefficient (Wildman–Crippen LogP) is 3.13. The van der Waals surface area contributed by atoms with Crippen LogP contribution < -0.4 is 9.64 Å². The van der Waals surface area contributed by atoms with Crippen molar-refractivity contribution in [2.24, 2.45) is 5.92 Å². The summed E-state index contributed by atoms with van der Waals surface area (Å²) in [6.45, 7) is 1.20. The zero-order valence-corrected chi connectivity index (χ0v) is 13.5. The van der Waals surface area contributed by atoms with Gasteiger partial charge in [-0.05, 0) is 44.5 Å². The van der Waals surface area contributed by atoms with Gasteiger partial charge in [-0.15, -0.1) is 8.78 Å². The number of ketones is 1. The number of fused-ring (bicyclic) bond motifs is 2. The van der Waals surface area contributed by atoms with E-state index < -0.39 is 6.23 Å². The second-order valence-corrected chi connectivity index (χ2v) is 6.49. The summed E-state index contributed by atoms with van der Waals surface area (Å²) in [7, 11) is 3.44. The second kappa shape index (κ2) is 6.07. The van der Waals surface area contributed by atoms with Gasteiger partial charge in [-0.3, -0.25) is 9.69 Å². The molecular weight excluding hydrogens is 302 g/mol. The number of carbonyl (C=O) groups is 1. The number of Topliss-reactive ketones (excluding diaryl/α,β-unsaturated/α-hetero) is 1. The first kappa shape index (κ1) is 16.2. The molecule has 4 nitrogen and oxygen atoms in total. The first-order valence-corrected chi connectivity index (χ1v) is 8.00. The van der Waals surface area contributed by atoms with Gasteiger partial charge in [-0.1, -0.05) is 12.1 Å². The Bertz CT molecular complexity index is 594. The number of halogens is 2. The Morgan fingerprint density at radius 1 is 1.22 bits per heavy atom. The number of nitrogens with zero attached hydrogens (tertiary/aromatic N) is 2. The number of carbonyl (C=O) groups excluding carboxylic acids is 1. The SMILES string of the molecule is CN1CCC2CCC(=O)CC21.CN1c2ccccc2OC1(F)F. The van der Waals surface area contributed by atoms with Gasteiger partial charge >= 0.3 is 6.23 Å². The molecule has 2 fully saturated rings. The Morgan fingerprint density at radius 3 is 2.70 bits per heavy atom. The smallest absolute Gasteiger partial charge is 0.413 e. The second-order valence-electron chi connectivity index (χ2n) is 6.49. The number of rotatable bonds is 0. The standard InChI is InChI=1S/C9H15NO.C8H7F2NO/c1-10-5-4-7-2-3-8(11)6-9(7)10;1-11-6-4-2-3-5-7(6)12-8(11,9)10/h7,9H,2-6H2,1H3;2-5H,1H3. The van der Waals surface area contributed by atoms with Crippen molar-refractivity contribution in [1.29, 1.82) is 0 Å². The molecule has 2 atom stereocenters. The summed E-state index contributed by atoms with van der Waals surface area (Å²) in [5.74, 6) is 1.53. The van der Waals surface area contributed by atoms with Crippen molar-refractivity contribution < 1.29 is 18.3 Å². The molecule has 1 aliphatic carbocycles. The van der Waals surface area contributed by atoms with Crippen LogP contribution in [0.1, 0.15) is 25.7 Å². The van der Waals surface area contributed by atoms with E-state index in [0.717, 1.165) is 30.1 Å². The molecule has 0 amide bonds. The van der Waals surface area contributed by atoms with Crippen LogP contribution in [0, 0.1) is 5.92 Å². The van der Waals surface area contributed by atoms with Crippen molar-refractivity contribution >= 4 is 11.5 Å². The monoisotopic (exact) mass is 324 g/mol. The summed E-state index contributed by atoms with van der Waals surface area (Å²) in [6, 6.07) is 7.06. The van der Waals surface area contributed by atoms with E-state index in [-0.39, 0.29) is 5.75 Å². The van der Waals surface area contributed by atoms with Crippen molar-refractivity contribution in [2.45, 2.75) is 38.0 Å². The molecule has 0 N–H and O–H groups in total. The number of hydrogen-bond acceptors (Lipinski definition) is 4. The maximum atomic E-state index is 12.8. The number of benzene rings is 1. The largest absolute Gasteiger partial charge is 0.496 e. The summed E-state index contributed by atoms with van der Waals surface area (Å²) in [4.78, 5) is 14.3. The highest BCUT2D eigenvalue weighted by Gasteiger charge is 2.45. The Kier molecular flexibility index (Phi) is 4.27.